The summed E-state index contributed by atoms with van der Waals surface area (Å²) in [7, 11) is 0. The molecule has 28 heavy (non-hydrogen) atoms. The van der Waals surface area contributed by atoms with Crippen molar-refractivity contribution in [1.29, 1.82) is 0 Å². The minimum absolute atomic E-state index is 0.00535. The Morgan fingerprint density at radius 1 is 1.07 bits per heavy atom. The average Bonchev–Trinajstić information content (AvgIpc) is 3.34. The fourth-order valence-corrected chi connectivity index (χ4v) is 3.06. The molecule has 1 atom stereocenters. The monoisotopic (exact) mass is 374 g/mol. The first-order chi connectivity index (χ1) is 13.7. The van der Waals surface area contributed by atoms with Crippen molar-refractivity contribution in [2.24, 2.45) is 0 Å². The van der Waals surface area contributed by atoms with Gasteiger partial charge < -0.3 is 9.32 Å². The highest BCUT2D eigenvalue weighted by atomic mass is 16.4. The number of hydrogen-bond acceptors (Lipinski definition) is 5. The Morgan fingerprint density at radius 3 is 2.54 bits per heavy atom. The molecule has 4 rings (SSSR count). The van der Waals surface area contributed by atoms with Crippen molar-refractivity contribution >= 4 is 29.6 Å². The Labute approximate surface area is 161 Å². The number of amides is 2. The maximum atomic E-state index is 12.3. The normalized spacial score (nSPS) is 16.6. The topological polar surface area (TPSA) is 88.3 Å². The van der Waals surface area contributed by atoms with Crippen molar-refractivity contribution in [3.8, 4) is 0 Å². The zero-order valence-corrected chi connectivity index (χ0v) is 15.0. The SMILES string of the molecule is O=C(/C=C/c1ccccc1)Nc1nnc(C2CC(=O)N(c3ccccc3)C2)o1. The van der Waals surface area contributed by atoms with Crippen molar-refractivity contribution in [2.75, 3.05) is 16.8 Å². The van der Waals surface area contributed by atoms with Gasteiger partial charge in [0.25, 0.3) is 5.91 Å². The van der Waals surface area contributed by atoms with Gasteiger partial charge in [-0.15, -0.1) is 5.10 Å². The van der Waals surface area contributed by atoms with Gasteiger partial charge in [-0.3, -0.25) is 14.9 Å². The standard InChI is InChI=1S/C21H18N4O3/c26-18(12-11-15-7-3-1-4-8-15)22-21-24-23-20(28-21)16-13-19(27)25(14-16)17-9-5-2-6-10-17/h1-12,16H,13-14H2,(H,22,24,26)/b12-11+. The lowest BCUT2D eigenvalue weighted by Crippen LogP contribution is -2.24. The van der Waals surface area contributed by atoms with Crippen LogP contribution in [0.4, 0.5) is 11.7 Å². The molecule has 7 nitrogen and oxygen atoms in total. The van der Waals surface area contributed by atoms with Crippen LogP contribution >= 0.6 is 0 Å². The molecule has 1 N–H and O–H groups in total. The molecule has 140 valence electrons. The van der Waals surface area contributed by atoms with Crippen LogP contribution < -0.4 is 10.2 Å². The summed E-state index contributed by atoms with van der Waals surface area (Å²) in [4.78, 5) is 26.0. The highest BCUT2D eigenvalue weighted by Gasteiger charge is 2.35. The summed E-state index contributed by atoms with van der Waals surface area (Å²) < 4.78 is 5.56. The smallest absolute Gasteiger partial charge is 0.322 e. The number of anilines is 2. The summed E-state index contributed by atoms with van der Waals surface area (Å²) in [6.45, 7) is 0.465. The van der Waals surface area contributed by atoms with Crippen LogP contribution in [0.25, 0.3) is 6.08 Å². The molecule has 2 aromatic carbocycles. The zero-order chi connectivity index (χ0) is 19.3. The fraction of sp³-hybridized carbons (Fsp3) is 0.143. The van der Waals surface area contributed by atoms with E-state index >= 15 is 0 Å². The summed E-state index contributed by atoms with van der Waals surface area (Å²) in [5.41, 5.74) is 1.75. The Bertz CT molecular complexity index is 999. The number of hydrogen-bond donors (Lipinski definition) is 1. The lowest BCUT2D eigenvalue weighted by Gasteiger charge is -2.15. The Kier molecular flexibility index (Phi) is 4.97. The van der Waals surface area contributed by atoms with E-state index in [-0.39, 0.29) is 23.7 Å². The highest BCUT2D eigenvalue weighted by Crippen LogP contribution is 2.31. The van der Waals surface area contributed by atoms with Gasteiger partial charge in [-0.05, 0) is 23.8 Å². The fourth-order valence-electron chi connectivity index (χ4n) is 3.06. The van der Waals surface area contributed by atoms with Gasteiger partial charge in [-0.1, -0.05) is 53.6 Å². The van der Waals surface area contributed by atoms with Gasteiger partial charge in [0.2, 0.25) is 11.8 Å². The predicted molar refractivity (Wildman–Crippen MR) is 105 cm³/mol. The third kappa shape index (κ3) is 3.98. The summed E-state index contributed by atoms with van der Waals surface area (Å²) in [5.74, 6) is -0.224. The van der Waals surface area contributed by atoms with Crippen LogP contribution in [0.2, 0.25) is 0 Å². The second kappa shape index (κ2) is 7.87. The summed E-state index contributed by atoms with van der Waals surface area (Å²) in [6.07, 6.45) is 3.38. The number of para-hydroxylation sites is 1. The molecule has 0 radical (unpaired) electrons. The first kappa shape index (κ1) is 17.7. The summed E-state index contributed by atoms with van der Waals surface area (Å²) in [5, 5.41) is 10.4. The van der Waals surface area contributed by atoms with Crippen LogP contribution in [0.15, 0.2) is 71.2 Å². The average molecular weight is 374 g/mol. The quantitative estimate of drug-likeness (QED) is 0.693. The van der Waals surface area contributed by atoms with Gasteiger partial charge in [0, 0.05) is 24.7 Å². The van der Waals surface area contributed by atoms with Gasteiger partial charge in [0.1, 0.15) is 0 Å². The van der Waals surface area contributed by atoms with Gasteiger partial charge in [0.05, 0.1) is 5.92 Å². The molecule has 0 bridgehead atoms. The van der Waals surface area contributed by atoms with Crippen LogP contribution in [0.1, 0.15) is 23.8 Å². The molecule has 1 aromatic heterocycles. The van der Waals surface area contributed by atoms with E-state index in [9.17, 15) is 9.59 Å². The van der Waals surface area contributed by atoms with Crippen molar-refractivity contribution in [3.63, 3.8) is 0 Å². The number of rotatable bonds is 5. The molecule has 3 aromatic rings. The second-order valence-corrected chi connectivity index (χ2v) is 6.42. The molecule has 1 aliphatic heterocycles. The molecular formula is C21H18N4O3. The number of benzene rings is 2. The van der Waals surface area contributed by atoms with E-state index < -0.39 is 0 Å². The molecule has 1 saturated heterocycles. The van der Waals surface area contributed by atoms with Crippen molar-refractivity contribution in [3.05, 3.63) is 78.2 Å². The molecule has 7 heteroatoms. The van der Waals surface area contributed by atoms with Gasteiger partial charge in [-0.2, -0.15) is 0 Å². The van der Waals surface area contributed by atoms with Gasteiger partial charge in [0.15, 0.2) is 0 Å². The second-order valence-electron chi connectivity index (χ2n) is 6.42. The van der Waals surface area contributed by atoms with E-state index in [1.54, 1.807) is 11.0 Å². The van der Waals surface area contributed by atoms with Crippen LogP contribution in [0.5, 0.6) is 0 Å². The van der Waals surface area contributed by atoms with E-state index in [0.717, 1.165) is 11.3 Å². The van der Waals surface area contributed by atoms with Crippen LogP contribution in [0, 0.1) is 0 Å². The van der Waals surface area contributed by atoms with Gasteiger partial charge >= 0.3 is 6.01 Å². The van der Waals surface area contributed by atoms with Crippen molar-refractivity contribution in [2.45, 2.75) is 12.3 Å². The van der Waals surface area contributed by atoms with Gasteiger partial charge in [-0.25, -0.2) is 0 Å². The van der Waals surface area contributed by atoms with E-state index in [4.69, 9.17) is 4.42 Å². The van der Waals surface area contributed by atoms with Crippen LogP contribution in [-0.4, -0.2) is 28.6 Å². The maximum Gasteiger partial charge on any atom is 0.322 e. The molecule has 1 aliphatic rings. The largest absolute Gasteiger partial charge is 0.407 e. The molecule has 2 amide bonds. The first-order valence-corrected chi connectivity index (χ1v) is 8.92. The summed E-state index contributed by atoms with van der Waals surface area (Å²) in [6, 6.07) is 18.9. The molecular weight excluding hydrogens is 356 g/mol. The zero-order valence-electron chi connectivity index (χ0n) is 15.0. The van der Waals surface area contributed by atoms with Crippen molar-refractivity contribution in [1.82, 2.24) is 10.2 Å². The number of carbonyl (C=O) groups excluding carboxylic acids is 2. The Morgan fingerprint density at radius 2 is 1.79 bits per heavy atom. The van der Waals surface area contributed by atoms with E-state index in [0.29, 0.717) is 18.9 Å². The molecule has 2 heterocycles. The third-order valence-corrected chi connectivity index (χ3v) is 4.44. The van der Waals surface area contributed by atoms with Crippen LogP contribution in [0.3, 0.4) is 0 Å². The highest BCUT2D eigenvalue weighted by molar-refractivity contribution is 6.00. The number of nitrogens with zero attached hydrogens (tertiary/aromatic N) is 3. The Hall–Kier alpha value is -3.74. The van der Waals surface area contributed by atoms with E-state index in [1.807, 2.05) is 60.7 Å². The number of aromatic nitrogens is 2. The Balaban J connectivity index is 1.39. The molecule has 1 fully saturated rings. The molecule has 1 unspecified atom stereocenters. The van der Waals surface area contributed by atoms with Crippen molar-refractivity contribution < 1.29 is 14.0 Å². The molecule has 0 aliphatic carbocycles. The minimum Gasteiger partial charge on any atom is -0.407 e. The third-order valence-electron chi connectivity index (χ3n) is 4.44. The summed E-state index contributed by atoms with van der Waals surface area (Å²) >= 11 is 0. The minimum atomic E-state index is -0.368. The first-order valence-electron chi connectivity index (χ1n) is 8.92. The van der Waals surface area contributed by atoms with Crippen LogP contribution in [-0.2, 0) is 9.59 Å². The maximum absolute atomic E-state index is 12.3. The lowest BCUT2D eigenvalue weighted by atomic mass is 10.1. The number of carbonyl (C=O) groups is 2. The van der Waals surface area contributed by atoms with E-state index in [2.05, 4.69) is 15.5 Å². The number of nitrogens with one attached hydrogen (secondary N) is 1. The molecule has 0 spiro atoms. The van der Waals surface area contributed by atoms with E-state index in [1.165, 1.54) is 6.08 Å². The molecule has 0 saturated carbocycles. The lowest BCUT2D eigenvalue weighted by molar-refractivity contribution is -0.117. The predicted octanol–water partition coefficient (Wildman–Crippen LogP) is 3.24.